The van der Waals surface area contributed by atoms with Gasteiger partial charge in [-0.15, -0.1) is 0 Å². The van der Waals surface area contributed by atoms with Crippen LogP contribution in [0.25, 0.3) is 22.3 Å². The Morgan fingerprint density at radius 3 is 2.30 bits per heavy atom. The Morgan fingerprint density at radius 2 is 1.63 bits per heavy atom. The van der Waals surface area contributed by atoms with Gasteiger partial charge in [-0.1, -0.05) is 48.5 Å². The van der Waals surface area contributed by atoms with Gasteiger partial charge in [0.15, 0.2) is 0 Å². The number of nitrogen functional groups attached to an aromatic ring is 1. The molecule has 224 valence electrons. The predicted molar refractivity (Wildman–Crippen MR) is 166 cm³/mol. The highest BCUT2D eigenvalue weighted by molar-refractivity contribution is 5.99. The molecular weight excluding hydrogens is 542 g/mol. The van der Waals surface area contributed by atoms with Crippen molar-refractivity contribution in [3.8, 4) is 22.3 Å². The number of nitrogens with two attached hydrogens (primary N) is 1. The fraction of sp³-hybridized carbons (Fsp3) is 0.364. The number of ether oxygens (including phenoxy) is 2. The molecule has 2 fully saturated rings. The first-order valence-electron chi connectivity index (χ1n) is 14.8. The third-order valence-corrected chi connectivity index (χ3v) is 8.25. The van der Waals surface area contributed by atoms with Crippen LogP contribution in [0.1, 0.15) is 21.5 Å². The minimum Gasteiger partial charge on any atom is -0.383 e. The molecule has 0 spiro atoms. The molecule has 0 aliphatic carbocycles. The molecule has 2 aliphatic heterocycles. The van der Waals surface area contributed by atoms with Gasteiger partial charge in [0.2, 0.25) is 0 Å². The van der Waals surface area contributed by atoms with E-state index in [-0.39, 0.29) is 23.9 Å². The van der Waals surface area contributed by atoms with Crippen molar-refractivity contribution in [3.63, 3.8) is 0 Å². The first-order chi connectivity index (χ1) is 20.9. The lowest BCUT2D eigenvalue weighted by molar-refractivity contribution is 0.0218. The van der Waals surface area contributed by atoms with E-state index in [4.69, 9.17) is 15.2 Å². The van der Waals surface area contributed by atoms with Gasteiger partial charge < -0.3 is 25.4 Å². The molecule has 1 amide bonds. The Bertz CT molecular complexity index is 1530. The highest BCUT2D eigenvalue weighted by Gasteiger charge is 2.31. The molecule has 4 aromatic rings. The molecule has 10 nitrogen and oxygen atoms in total. The lowest BCUT2D eigenvalue weighted by Crippen LogP contribution is -2.44. The molecule has 4 heterocycles. The largest absolute Gasteiger partial charge is 0.383 e. The zero-order valence-corrected chi connectivity index (χ0v) is 24.8. The number of piperazine rings is 1. The van der Waals surface area contributed by atoms with E-state index < -0.39 is 0 Å². The quantitative estimate of drug-likeness (QED) is 0.310. The second-order valence-corrected chi connectivity index (χ2v) is 11.5. The predicted octanol–water partition coefficient (Wildman–Crippen LogP) is 3.19. The number of benzene rings is 2. The van der Waals surface area contributed by atoms with Crippen LogP contribution in [0.5, 0.6) is 0 Å². The van der Waals surface area contributed by atoms with E-state index in [9.17, 15) is 4.79 Å². The average molecular weight is 582 g/mol. The number of nitrogens with zero attached hydrogens (tertiary/aromatic N) is 5. The van der Waals surface area contributed by atoms with Gasteiger partial charge in [-0.3, -0.25) is 14.4 Å². The van der Waals surface area contributed by atoms with Crippen molar-refractivity contribution in [3.05, 3.63) is 89.9 Å². The highest BCUT2D eigenvalue weighted by atomic mass is 16.5. The second-order valence-electron chi connectivity index (χ2n) is 11.5. The molecule has 43 heavy (non-hydrogen) atoms. The van der Waals surface area contributed by atoms with Gasteiger partial charge in [-0.2, -0.15) is 5.10 Å². The van der Waals surface area contributed by atoms with E-state index in [2.05, 4.69) is 80.8 Å². The number of amides is 1. The monoisotopic (exact) mass is 581 g/mol. The Kier molecular flexibility index (Phi) is 8.80. The summed E-state index contributed by atoms with van der Waals surface area (Å²) in [5.41, 5.74) is 12.8. The molecule has 3 N–H and O–H groups in total. The van der Waals surface area contributed by atoms with E-state index >= 15 is 0 Å². The number of carbonyl (C=O) groups is 1. The fourth-order valence-corrected chi connectivity index (χ4v) is 5.53. The van der Waals surface area contributed by atoms with Crippen molar-refractivity contribution in [1.82, 2.24) is 29.9 Å². The summed E-state index contributed by atoms with van der Waals surface area (Å²) in [6, 6.07) is 18.8. The SMILES string of the molecule is CN1CCN(Cc2ccc(-c3ccc(CO[C@@H]4COC[C@H]4NC(=O)c4cc(-c5cnn(C)c5)cnc4N)cc3)cc2)CC1. The Morgan fingerprint density at radius 1 is 0.930 bits per heavy atom. The maximum absolute atomic E-state index is 13.2. The van der Waals surface area contributed by atoms with Gasteiger partial charge in [0.25, 0.3) is 5.91 Å². The van der Waals surface area contributed by atoms with Crippen LogP contribution in [0.15, 0.2) is 73.2 Å². The van der Waals surface area contributed by atoms with E-state index in [1.54, 1.807) is 23.1 Å². The smallest absolute Gasteiger partial charge is 0.255 e. The molecular formula is C33H39N7O3. The number of hydrogen-bond acceptors (Lipinski definition) is 8. The normalized spacial score (nSPS) is 19.5. The Labute approximate surface area is 252 Å². The number of aromatic nitrogens is 3. The van der Waals surface area contributed by atoms with Crippen molar-refractivity contribution in [1.29, 1.82) is 0 Å². The third kappa shape index (κ3) is 7.11. The van der Waals surface area contributed by atoms with Crippen molar-refractivity contribution < 1.29 is 14.3 Å². The summed E-state index contributed by atoms with van der Waals surface area (Å²) in [5, 5.41) is 7.23. The molecule has 2 aromatic heterocycles. The number of pyridine rings is 1. The van der Waals surface area contributed by atoms with E-state index in [0.29, 0.717) is 25.4 Å². The van der Waals surface area contributed by atoms with E-state index in [1.807, 2.05) is 13.2 Å². The van der Waals surface area contributed by atoms with E-state index in [0.717, 1.165) is 49.4 Å². The van der Waals surface area contributed by atoms with Gasteiger partial charge in [-0.25, -0.2) is 4.98 Å². The standard InChI is InChI=1S/C33H39N7O3/c1-38-11-13-40(14-12-38)18-23-3-7-25(8-4-23)26-9-5-24(6-10-26)20-43-31-22-42-21-30(31)37-33(41)29-15-27(16-35-32(29)34)28-17-36-39(2)19-28/h3-10,15-17,19,30-31H,11-14,18,20-22H2,1-2H3,(H2,34,35)(H,37,41)/t30-,31-/m1/s1. The zero-order valence-electron chi connectivity index (χ0n) is 24.8. The highest BCUT2D eigenvalue weighted by Crippen LogP contribution is 2.24. The lowest BCUT2D eigenvalue weighted by Gasteiger charge is -2.32. The van der Waals surface area contributed by atoms with Crippen LogP contribution in [0.4, 0.5) is 5.82 Å². The van der Waals surface area contributed by atoms with Gasteiger partial charge in [0.1, 0.15) is 11.9 Å². The summed E-state index contributed by atoms with van der Waals surface area (Å²) in [4.78, 5) is 22.3. The number of likely N-dealkylation sites (N-methyl/N-ethyl adjacent to an activating group) is 1. The molecule has 0 saturated carbocycles. The third-order valence-electron chi connectivity index (χ3n) is 8.25. The molecule has 2 aliphatic rings. The summed E-state index contributed by atoms with van der Waals surface area (Å²) < 4.78 is 13.6. The van der Waals surface area contributed by atoms with Gasteiger partial charge in [0, 0.05) is 63.3 Å². The van der Waals surface area contributed by atoms with Gasteiger partial charge in [0.05, 0.1) is 37.6 Å². The van der Waals surface area contributed by atoms with Gasteiger partial charge >= 0.3 is 0 Å². The van der Waals surface area contributed by atoms with Crippen LogP contribution < -0.4 is 11.1 Å². The van der Waals surface area contributed by atoms with Crippen LogP contribution in [0.2, 0.25) is 0 Å². The molecule has 0 bridgehead atoms. The zero-order chi connectivity index (χ0) is 29.8. The van der Waals surface area contributed by atoms with Gasteiger partial charge in [-0.05, 0) is 35.4 Å². The average Bonchev–Trinajstić information content (AvgIpc) is 3.66. The molecule has 6 rings (SSSR count). The van der Waals surface area contributed by atoms with Crippen molar-refractivity contribution in [2.75, 3.05) is 52.2 Å². The molecule has 2 aromatic carbocycles. The number of aryl methyl sites for hydroxylation is 1. The number of hydrogen-bond donors (Lipinski definition) is 2. The number of carbonyl (C=O) groups excluding carboxylic acids is 1. The van der Waals surface area contributed by atoms with Crippen LogP contribution in [0.3, 0.4) is 0 Å². The number of nitrogens with one attached hydrogen (secondary N) is 1. The first-order valence-corrected chi connectivity index (χ1v) is 14.8. The maximum Gasteiger partial charge on any atom is 0.255 e. The topological polar surface area (TPSA) is 111 Å². The summed E-state index contributed by atoms with van der Waals surface area (Å²) in [6.45, 7) is 6.70. The molecule has 0 unspecified atom stereocenters. The maximum atomic E-state index is 13.2. The molecule has 10 heteroatoms. The van der Waals surface area contributed by atoms with Crippen molar-refractivity contribution >= 4 is 11.7 Å². The minimum absolute atomic E-state index is 0.172. The summed E-state index contributed by atoms with van der Waals surface area (Å²) in [7, 11) is 4.02. The van der Waals surface area contributed by atoms with Crippen molar-refractivity contribution in [2.45, 2.75) is 25.3 Å². The summed E-state index contributed by atoms with van der Waals surface area (Å²) in [6.07, 6.45) is 4.96. The minimum atomic E-state index is -0.307. The van der Waals surface area contributed by atoms with Crippen LogP contribution in [-0.4, -0.2) is 89.1 Å². The van der Waals surface area contributed by atoms with Crippen LogP contribution in [-0.2, 0) is 29.7 Å². The number of rotatable bonds is 9. The molecule has 2 saturated heterocycles. The Hall–Kier alpha value is -4.09. The van der Waals surface area contributed by atoms with Crippen molar-refractivity contribution in [2.24, 2.45) is 7.05 Å². The molecule has 2 atom stereocenters. The summed E-state index contributed by atoms with van der Waals surface area (Å²) in [5.74, 6) is -0.134. The van der Waals surface area contributed by atoms with Crippen LogP contribution >= 0.6 is 0 Å². The number of anilines is 1. The van der Waals surface area contributed by atoms with Crippen LogP contribution in [0, 0.1) is 0 Å². The van der Waals surface area contributed by atoms with E-state index in [1.165, 1.54) is 16.7 Å². The first kappa shape index (κ1) is 29.0. The fourth-order valence-electron chi connectivity index (χ4n) is 5.53. The second kappa shape index (κ2) is 13.0. The lowest BCUT2D eigenvalue weighted by atomic mass is 10.0. The Balaban J connectivity index is 1.02. The molecule has 0 radical (unpaired) electrons. The summed E-state index contributed by atoms with van der Waals surface area (Å²) >= 11 is 0.